The van der Waals surface area contributed by atoms with E-state index < -0.39 is 0 Å². The van der Waals surface area contributed by atoms with Crippen LogP contribution in [0.1, 0.15) is 127 Å². The summed E-state index contributed by atoms with van der Waals surface area (Å²) in [7, 11) is 0. The number of aromatic nitrogens is 2. The molecule has 0 radical (unpaired) electrons. The smallest absolute Gasteiger partial charge is 0.131 e. The average Bonchev–Trinajstić information content (AvgIpc) is 2.66. The Morgan fingerprint density at radius 3 is 2.19 bits per heavy atom. The topological polar surface area (TPSA) is 25.8 Å². The van der Waals surface area contributed by atoms with E-state index in [1.54, 1.807) is 0 Å². The lowest BCUT2D eigenvalue weighted by Crippen LogP contribution is -2.16. The van der Waals surface area contributed by atoms with Gasteiger partial charge in [-0.3, -0.25) is 0 Å². The van der Waals surface area contributed by atoms with Crippen LogP contribution in [-0.4, -0.2) is 9.97 Å². The molecule has 1 aliphatic rings. The largest absolute Gasteiger partial charge is 0.241 e. The average molecular weight is 359 g/mol. The first-order chi connectivity index (χ1) is 12.7. The van der Waals surface area contributed by atoms with Crippen molar-refractivity contribution in [1.82, 2.24) is 9.97 Å². The molecule has 0 aliphatic heterocycles. The first kappa shape index (κ1) is 21.4. The van der Waals surface area contributed by atoms with Crippen LogP contribution in [0.5, 0.6) is 0 Å². The van der Waals surface area contributed by atoms with Gasteiger partial charge in [-0.1, -0.05) is 71.6 Å². The van der Waals surface area contributed by atoms with Crippen molar-refractivity contribution in [3.63, 3.8) is 0 Å². The van der Waals surface area contributed by atoms with E-state index in [4.69, 9.17) is 9.97 Å². The minimum atomic E-state index is 0.610. The monoisotopic (exact) mass is 358 g/mol. The minimum Gasteiger partial charge on any atom is -0.241 e. The molecule has 1 heterocycles. The fourth-order valence-electron chi connectivity index (χ4n) is 4.44. The number of hydrogen-bond donors (Lipinski definition) is 0. The van der Waals surface area contributed by atoms with Crippen molar-refractivity contribution in [2.75, 3.05) is 0 Å². The fourth-order valence-corrected chi connectivity index (χ4v) is 4.44. The van der Waals surface area contributed by atoms with Gasteiger partial charge in [-0.15, -0.1) is 0 Å². The molecule has 0 spiro atoms. The predicted octanol–water partition coefficient (Wildman–Crippen LogP) is 7.54. The Hall–Kier alpha value is -0.920. The molecule has 2 nitrogen and oxygen atoms in total. The summed E-state index contributed by atoms with van der Waals surface area (Å²) >= 11 is 0. The minimum absolute atomic E-state index is 0.610. The lowest BCUT2D eigenvalue weighted by atomic mass is 9.79. The van der Waals surface area contributed by atoms with Crippen molar-refractivity contribution >= 4 is 0 Å². The molecule has 0 N–H and O–H groups in total. The van der Waals surface area contributed by atoms with Crippen molar-refractivity contribution < 1.29 is 0 Å². The molecule has 1 aromatic rings. The van der Waals surface area contributed by atoms with Gasteiger partial charge in [0, 0.05) is 17.8 Å². The molecule has 0 atom stereocenters. The molecule has 2 rings (SSSR count). The number of rotatable bonds is 12. The highest BCUT2D eigenvalue weighted by molar-refractivity contribution is 5.17. The van der Waals surface area contributed by atoms with E-state index in [0.29, 0.717) is 5.92 Å². The van der Waals surface area contributed by atoms with Crippen LogP contribution in [0.3, 0.4) is 0 Å². The van der Waals surface area contributed by atoms with Crippen molar-refractivity contribution in [2.24, 2.45) is 5.92 Å². The van der Waals surface area contributed by atoms with Crippen LogP contribution in [0.25, 0.3) is 0 Å². The van der Waals surface area contributed by atoms with Crippen LogP contribution in [0.4, 0.5) is 0 Å². The third-order valence-electron chi connectivity index (χ3n) is 6.33. The highest BCUT2D eigenvalue weighted by Crippen LogP contribution is 2.36. The van der Waals surface area contributed by atoms with E-state index in [9.17, 15) is 0 Å². The normalized spacial score (nSPS) is 20.4. The van der Waals surface area contributed by atoms with Gasteiger partial charge in [-0.05, 0) is 56.9 Å². The SMILES string of the molecule is CCCCCCCCc1cnc([C@H]2CC[C@H](CCCCC)CC2)nc1C. The zero-order chi connectivity index (χ0) is 18.6. The summed E-state index contributed by atoms with van der Waals surface area (Å²) < 4.78 is 0. The number of aryl methyl sites for hydroxylation is 2. The van der Waals surface area contributed by atoms with Crippen LogP contribution in [0.15, 0.2) is 6.20 Å². The van der Waals surface area contributed by atoms with Gasteiger partial charge in [0.1, 0.15) is 5.82 Å². The maximum atomic E-state index is 4.91. The van der Waals surface area contributed by atoms with E-state index in [2.05, 4.69) is 27.0 Å². The second-order valence-corrected chi connectivity index (χ2v) is 8.57. The van der Waals surface area contributed by atoms with Crippen molar-refractivity contribution in [3.05, 3.63) is 23.3 Å². The molecule has 0 bridgehead atoms. The Bertz CT molecular complexity index is 489. The summed E-state index contributed by atoms with van der Waals surface area (Å²) in [6.07, 6.45) is 22.4. The second-order valence-electron chi connectivity index (χ2n) is 8.57. The summed E-state index contributed by atoms with van der Waals surface area (Å²) in [5.41, 5.74) is 2.60. The molecule has 1 aliphatic carbocycles. The van der Waals surface area contributed by atoms with E-state index in [1.807, 2.05) is 0 Å². The molecule has 148 valence electrons. The Kier molecular flexibility index (Phi) is 10.2. The molecule has 0 aromatic carbocycles. The summed E-state index contributed by atoms with van der Waals surface area (Å²) in [6.45, 7) is 6.77. The van der Waals surface area contributed by atoms with Crippen molar-refractivity contribution in [3.8, 4) is 0 Å². The Morgan fingerprint density at radius 1 is 0.846 bits per heavy atom. The summed E-state index contributed by atoms with van der Waals surface area (Å²) in [5, 5.41) is 0. The molecule has 26 heavy (non-hydrogen) atoms. The molecular formula is C24H42N2. The fraction of sp³-hybridized carbons (Fsp3) is 0.833. The molecular weight excluding hydrogens is 316 g/mol. The zero-order valence-corrected chi connectivity index (χ0v) is 17.7. The van der Waals surface area contributed by atoms with Crippen LogP contribution >= 0.6 is 0 Å². The van der Waals surface area contributed by atoms with Gasteiger partial charge in [0.25, 0.3) is 0 Å². The Morgan fingerprint density at radius 2 is 1.50 bits per heavy atom. The van der Waals surface area contributed by atoms with Crippen molar-refractivity contribution in [2.45, 2.75) is 123 Å². The van der Waals surface area contributed by atoms with Gasteiger partial charge >= 0.3 is 0 Å². The van der Waals surface area contributed by atoms with Gasteiger partial charge in [0.15, 0.2) is 0 Å². The zero-order valence-electron chi connectivity index (χ0n) is 17.7. The van der Waals surface area contributed by atoms with Gasteiger partial charge in [-0.2, -0.15) is 0 Å². The predicted molar refractivity (Wildman–Crippen MR) is 113 cm³/mol. The van der Waals surface area contributed by atoms with Crippen LogP contribution in [0, 0.1) is 12.8 Å². The van der Waals surface area contributed by atoms with Gasteiger partial charge in [0.05, 0.1) is 0 Å². The van der Waals surface area contributed by atoms with Crippen molar-refractivity contribution in [1.29, 1.82) is 0 Å². The van der Waals surface area contributed by atoms with Crippen LogP contribution in [0.2, 0.25) is 0 Å². The summed E-state index contributed by atoms with van der Waals surface area (Å²) in [5.74, 6) is 2.70. The highest BCUT2D eigenvalue weighted by Gasteiger charge is 2.24. The van der Waals surface area contributed by atoms with E-state index >= 15 is 0 Å². The van der Waals surface area contributed by atoms with E-state index in [1.165, 1.54) is 101 Å². The standard InChI is InChI=1S/C24H42N2/c1-4-6-8-9-10-12-14-23-19-25-24(26-20(23)3)22-17-15-21(16-18-22)13-11-7-5-2/h19,21-22H,4-18H2,1-3H3/t21-,22-. The van der Waals surface area contributed by atoms with Gasteiger partial charge in [0.2, 0.25) is 0 Å². The lowest BCUT2D eigenvalue weighted by molar-refractivity contribution is 0.297. The quantitative estimate of drug-likeness (QED) is 0.361. The maximum Gasteiger partial charge on any atom is 0.131 e. The number of nitrogens with zero attached hydrogens (tertiary/aromatic N) is 2. The summed E-state index contributed by atoms with van der Waals surface area (Å²) in [6, 6.07) is 0. The third kappa shape index (κ3) is 7.37. The number of unbranched alkanes of at least 4 members (excludes halogenated alkanes) is 7. The molecule has 0 unspecified atom stereocenters. The first-order valence-electron chi connectivity index (χ1n) is 11.6. The number of hydrogen-bond acceptors (Lipinski definition) is 2. The van der Waals surface area contributed by atoms with Gasteiger partial charge < -0.3 is 0 Å². The molecule has 1 saturated carbocycles. The third-order valence-corrected chi connectivity index (χ3v) is 6.33. The molecule has 1 fully saturated rings. The highest BCUT2D eigenvalue weighted by atomic mass is 14.9. The Labute approximate surface area is 162 Å². The van der Waals surface area contributed by atoms with E-state index in [0.717, 1.165) is 18.2 Å². The lowest BCUT2D eigenvalue weighted by Gasteiger charge is -2.28. The first-order valence-corrected chi connectivity index (χ1v) is 11.6. The second kappa shape index (κ2) is 12.5. The molecule has 1 aromatic heterocycles. The van der Waals surface area contributed by atoms with E-state index in [-0.39, 0.29) is 0 Å². The molecule has 2 heteroatoms. The van der Waals surface area contributed by atoms with Crippen LogP contribution in [-0.2, 0) is 6.42 Å². The summed E-state index contributed by atoms with van der Waals surface area (Å²) in [4.78, 5) is 9.70. The maximum absolute atomic E-state index is 4.91. The molecule has 0 amide bonds. The Balaban J connectivity index is 1.73. The van der Waals surface area contributed by atoms with Gasteiger partial charge in [-0.25, -0.2) is 9.97 Å². The molecule has 0 saturated heterocycles. The van der Waals surface area contributed by atoms with Crippen LogP contribution < -0.4 is 0 Å².